The van der Waals surface area contributed by atoms with Crippen LogP contribution < -0.4 is 0 Å². The molecule has 3 nitrogen and oxygen atoms in total. The van der Waals surface area contributed by atoms with E-state index in [2.05, 4.69) is 0 Å². The van der Waals surface area contributed by atoms with Crippen molar-refractivity contribution in [2.45, 2.75) is 72.8 Å². The molecule has 0 saturated heterocycles. The zero-order valence-corrected chi connectivity index (χ0v) is 12.5. The zero-order chi connectivity index (χ0) is 14.1. The third-order valence-electron chi connectivity index (χ3n) is 3.10. The van der Waals surface area contributed by atoms with E-state index in [0.29, 0.717) is 6.42 Å². The van der Waals surface area contributed by atoms with Crippen molar-refractivity contribution in [3.05, 3.63) is 0 Å². The van der Waals surface area contributed by atoms with E-state index in [9.17, 15) is 9.59 Å². The van der Waals surface area contributed by atoms with Crippen LogP contribution in [0, 0.1) is 11.8 Å². The Morgan fingerprint density at radius 3 is 1.83 bits per heavy atom. The third kappa shape index (κ3) is 5.65. The Morgan fingerprint density at radius 1 is 0.944 bits per heavy atom. The lowest BCUT2D eigenvalue weighted by Crippen LogP contribution is -2.32. The van der Waals surface area contributed by atoms with Crippen LogP contribution in [0.25, 0.3) is 0 Å². The van der Waals surface area contributed by atoms with Gasteiger partial charge in [0.1, 0.15) is 5.78 Å². The molecule has 106 valence electrons. The average molecular weight is 256 g/mol. The van der Waals surface area contributed by atoms with E-state index in [1.54, 1.807) is 0 Å². The smallest absolute Gasteiger partial charge is 0.309 e. The van der Waals surface area contributed by atoms with Gasteiger partial charge < -0.3 is 4.74 Å². The first-order valence-corrected chi connectivity index (χ1v) is 7.20. The van der Waals surface area contributed by atoms with Gasteiger partial charge in [-0.05, 0) is 26.7 Å². The summed E-state index contributed by atoms with van der Waals surface area (Å²) in [7, 11) is 0. The molecule has 0 aromatic carbocycles. The number of ketones is 1. The van der Waals surface area contributed by atoms with Gasteiger partial charge in [-0.2, -0.15) is 0 Å². The SMILES string of the molecule is CCCC(C(=O)CC)C(CCC)C(=O)OC(C)C. The Kier molecular flexibility index (Phi) is 8.69. The van der Waals surface area contributed by atoms with E-state index >= 15 is 0 Å². The molecule has 18 heavy (non-hydrogen) atoms. The maximum atomic E-state index is 12.1. The predicted molar refractivity (Wildman–Crippen MR) is 73.3 cm³/mol. The molecule has 0 amide bonds. The summed E-state index contributed by atoms with van der Waals surface area (Å²) in [6.07, 6.45) is 3.73. The van der Waals surface area contributed by atoms with Crippen molar-refractivity contribution >= 4 is 11.8 Å². The third-order valence-corrected chi connectivity index (χ3v) is 3.10. The molecule has 3 heteroatoms. The van der Waals surface area contributed by atoms with Crippen LogP contribution in [0.4, 0.5) is 0 Å². The fourth-order valence-corrected chi connectivity index (χ4v) is 2.27. The molecule has 0 saturated carbocycles. The summed E-state index contributed by atoms with van der Waals surface area (Å²) >= 11 is 0. The van der Waals surface area contributed by atoms with Gasteiger partial charge in [-0.15, -0.1) is 0 Å². The Labute approximate surface area is 111 Å². The summed E-state index contributed by atoms with van der Waals surface area (Å²) in [4.78, 5) is 24.1. The number of hydrogen-bond donors (Lipinski definition) is 0. The minimum atomic E-state index is -0.259. The maximum absolute atomic E-state index is 12.1. The van der Waals surface area contributed by atoms with E-state index in [1.165, 1.54) is 0 Å². The summed E-state index contributed by atoms with van der Waals surface area (Å²) in [6, 6.07) is 0. The van der Waals surface area contributed by atoms with Crippen LogP contribution in [0.5, 0.6) is 0 Å². The van der Waals surface area contributed by atoms with E-state index in [4.69, 9.17) is 4.74 Å². The lowest BCUT2D eigenvalue weighted by Gasteiger charge is -2.24. The zero-order valence-electron chi connectivity index (χ0n) is 12.5. The van der Waals surface area contributed by atoms with Gasteiger partial charge in [0, 0.05) is 12.3 Å². The molecule has 0 aliphatic carbocycles. The van der Waals surface area contributed by atoms with Gasteiger partial charge >= 0.3 is 5.97 Å². The summed E-state index contributed by atoms with van der Waals surface area (Å²) < 4.78 is 5.30. The van der Waals surface area contributed by atoms with Crippen molar-refractivity contribution < 1.29 is 14.3 Å². The fraction of sp³-hybridized carbons (Fsp3) is 0.867. The highest BCUT2D eigenvalue weighted by Crippen LogP contribution is 2.26. The van der Waals surface area contributed by atoms with Crippen molar-refractivity contribution in [1.82, 2.24) is 0 Å². The van der Waals surface area contributed by atoms with Crippen LogP contribution in [0.3, 0.4) is 0 Å². The van der Waals surface area contributed by atoms with E-state index in [0.717, 1.165) is 25.7 Å². The van der Waals surface area contributed by atoms with Crippen LogP contribution >= 0.6 is 0 Å². The van der Waals surface area contributed by atoms with Gasteiger partial charge in [-0.25, -0.2) is 0 Å². The van der Waals surface area contributed by atoms with E-state index in [1.807, 2.05) is 34.6 Å². The first-order valence-electron chi connectivity index (χ1n) is 7.20. The summed E-state index contributed by atoms with van der Waals surface area (Å²) in [5.41, 5.74) is 0. The standard InChI is InChI=1S/C15H28O3/c1-6-9-12(14(16)8-3)13(10-7-2)15(17)18-11(4)5/h11-13H,6-10H2,1-5H3. The largest absolute Gasteiger partial charge is 0.463 e. The Hall–Kier alpha value is -0.860. The first-order chi connectivity index (χ1) is 8.47. The van der Waals surface area contributed by atoms with Crippen molar-refractivity contribution in [2.24, 2.45) is 11.8 Å². The van der Waals surface area contributed by atoms with Crippen molar-refractivity contribution in [2.75, 3.05) is 0 Å². The topological polar surface area (TPSA) is 43.4 Å². The van der Waals surface area contributed by atoms with Gasteiger partial charge in [0.25, 0.3) is 0 Å². The lowest BCUT2D eigenvalue weighted by atomic mass is 9.81. The Morgan fingerprint density at radius 2 is 1.44 bits per heavy atom. The molecule has 2 unspecified atom stereocenters. The van der Waals surface area contributed by atoms with Crippen LogP contribution in [-0.2, 0) is 14.3 Å². The van der Waals surface area contributed by atoms with Gasteiger partial charge in [0.05, 0.1) is 12.0 Å². The molecule has 0 aliphatic heterocycles. The highest BCUT2D eigenvalue weighted by molar-refractivity contribution is 5.86. The van der Waals surface area contributed by atoms with Gasteiger partial charge in [-0.3, -0.25) is 9.59 Å². The summed E-state index contributed by atoms with van der Waals surface area (Å²) in [5, 5.41) is 0. The number of hydrogen-bond acceptors (Lipinski definition) is 3. The average Bonchev–Trinajstić information content (AvgIpc) is 2.31. The molecule has 0 aromatic rings. The van der Waals surface area contributed by atoms with E-state index < -0.39 is 0 Å². The molecular weight excluding hydrogens is 228 g/mol. The van der Waals surface area contributed by atoms with Crippen LogP contribution in [-0.4, -0.2) is 17.9 Å². The number of carbonyl (C=O) groups is 2. The number of carbonyl (C=O) groups excluding carboxylic acids is 2. The van der Waals surface area contributed by atoms with Crippen molar-refractivity contribution in [1.29, 1.82) is 0 Å². The fourth-order valence-electron chi connectivity index (χ4n) is 2.27. The normalized spacial score (nSPS) is 14.3. The minimum Gasteiger partial charge on any atom is -0.463 e. The number of esters is 1. The second-order valence-corrected chi connectivity index (χ2v) is 5.10. The number of ether oxygens (including phenoxy) is 1. The molecule has 0 heterocycles. The molecule has 0 spiro atoms. The summed E-state index contributed by atoms with van der Waals surface area (Å²) in [6.45, 7) is 9.64. The van der Waals surface area contributed by atoms with Crippen LogP contribution in [0.1, 0.15) is 66.7 Å². The van der Waals surface area contributed by atoms with Gasteiger partial charge in [-0.1, -0.05) is 33.6 Å². The minimum absolute atomic E-state index is 0.115. The number of Topliss-reactive ketones (excluding diaryl/α,β-unsaturated/α-hetero) is 1. The van der Waals surface area contributed by atoms with Crippen molar-refractivity contribution in [3.8, 4) is 0 Å². The van der Waals surface area contributed by atoms with Crippen LogP contribution in [0.2, 0.25) is 0 Å². The van der Waals surface area contributed by atoms with Gasteiger partial charge in [0.15, 0.2) is 0 Å². The Balaban J connectivity index is 4.89. The molecule has 0 radical (unpaired) electrons. The maximum Gasteiger partial charge on any atom is 0.309 e. The molecule has 0 bridgehead atoms. The Bertz CT molecular complexity index is 258. The highest BCUT2D eigenvalue weighted by Gasteiger charge is 2.32. The second kappa shape index (κ2) is 9.12. The molecule has 0 N–H and O–H groups in total. The number of rotatable bonds is 9. The predicted octanol–water partition coefficient (Wildman–Crippen LogP) is 3.75. The summed E-state index contributed by atoms with van der Waals surface area (Å²) in [5.74, 6) is -0.431. The molecule has 0 rings (SSSR count). The molecule has 0 fully saturated rings. The second-order valence-electron chi connectivity index (χ2n) is 5.10. The molecular formula is C15H28O3. The monoisotopic (exact) mass is 256 g/mol. The van der Waals surface area contributed by atoms with Crippen LogP contribution in [0.15, 0.2) is 0 Å². The van der Waals surface area contributed by atoms with Gasteiger partial charge in [0.2, 0.25) is 0 Å². The highest BCUT2D eigenvalue weighted by atomic mass is 16.5. The first kappa shape index (κ1) is 17.1. The molecule has 0 aliphatic rings. The molecule has 2 atom stereocenters. The van der Waals surface area contributed by atoms with Crippen molar-refractivity contribution in [3.63, 3.8) is 0 Å². The molecule has 0 aromatic heterocycles. The quantitative estimate of drug-likeness (QED) is 0.590. The van der Waals surface area contributed by atoms with E-state index in [-0.39, 0.29) is 29.7 Å². The lowest BCUT2D eigenvalue weighted by molar-refractivity contribution is -0.157.